The molecule has 0 aliphatic rings. The normalized spacial score (nSPS) is 10.9. The Balaban J connectivity index is 2.59. The maximum atomic E-state index is 13.8. The number of likely N-dealkylation sites (N-methyl/N-ethyl adjacent to an activating group) is 1. The summed E-state index contributed by atoms with van der Waals surface area (Å²) in [6.45, 7) is 5.34. The van der Waals surface area contributed by atoms with Crippen LogP contribution in [0.4, 0.5) is 10.2 Å². The summed E-state index contributed by atoms with van der Waals surface area (Å²) >= 11 is 0. The van der Waals surface area contributed by atoms with Crippen molar-refractivity contribution in [3.05, 3.63) is 23.6 Å². The summed E-state index contributed by atoms with van der Waals surface area (Å²) < 4.78 is 13.8. The molecule has 0 saturated carbocycles. The van der Waals surface area contributed by atoms with Gasteiger partial charge in [0.25, 0.3) is 5.91 Å². The summed E-state index contributed by atoms with van der Waals surface area (Å²) in [5, 5.41) is 5.31. The summed E-state index contributed by atoms with van der Waals surface area (Å²) in [5.41, 5.74) is 0.00606. The van der Waals surface area contributed by atoms with Gasteiger partial charge in [-0.3, -0.25) is 4.79 Å². The maximum absolute atomic E-state index is 13.8. The first-order valence-corrected chi connectivity index (χ1v) is 6.28. The Morgan fingerprint density at radius 2 is 2.21 bits per heavy atom. The molecule has 2 N–H and O–H groups in total. The minimum atomic E-state index is -0.625. The summed E-state index contributed by atoms with van der Waals surface area (Å²) in [4.78, 5) is 17.8. The standard InChI is InChI=1S/C13H21FN4O/c1-9(2)18(4)8-7-17-13(19)10-5-6-16-12(15-3)11(10)14/h5-6,9H,7-8H2,1-4H3,(H,15,16)(H,17,19). The van der Waals surface area contributed by atoms with Crippen molar-refractivity contribution in [1.29, 1.82) is 0 Å². The molecule has 19 heavy (non-hydrogen) atoms. The molecule has 0 unspecified atom stereocenters. The zero-order chi connectivity index (χ0) is 14.4. The number of aromatic nitrogens is 1. The van der Waals surface area contributed by atoms with Crippen molar-refractivity contribution >= 4 is 11.7 Å². The molecule has 0 fully saturated rings. The zero-order valence-electron chi connectivity index (χ0n) is 11.8. The van der Waals surface area contributed by atoms with E-state index < -0.39 is 11.7 Å². The number of nitrogens with zero attached hydrogens (tertiary/aromatic N) is 2. The second-order valence-corrected chi connectivity index (χ2v) is 4.60. The van der Waals surface area contributed by atoms with E-state index in [0.29, 0.717) is 12.6 Å². The van der Waals surface area contributed by atoms with Gasteiger partial charge in [0, 0.05) is 32.4 Å². The van der Waals surface area contributed by atoms with Crippen LogP contribution in [-0.2, 0) is 0 Å². The van der Waals surface area contributed by atoms with Gasteiger partial charge in [-0.05, 0) is 27.0 Å². The molecule has 0 bridgehead atoms. The molecule has 106 valence electrons. The van der Waals surface area contributed by atoms with E-state index in [1.165, 1.54) is 12.3 Å². The summed E-state index contributed by atoms with van der Waals surface area (Å²) in [6, 6.07) is 1.78. The third-order valence-corrected chi connectivity index (χ3v) is 3.00. The molecule has 1 rings (SSSR count). The third-order valence-electron chi connectivity index (χ3n) is 3.00. The molecule has 1 heterocycles. The lowest BCUT2D eigenvalue weighted by Crippen LogP contribution is -2.36. The van der Waals surface area contributed by atoms with E-state index in [-0.39, 0.29) is 11.4 Å². The highest BCUT2D eigenvalue weighted by molar-refractivity contribution is 5.95. The van der Waals surface area contributed by atoms with Gasteiger partial charge in [0.2, 0.25) is 0 Å². The average Bonchev–Trinajstić information content (AvgIpc) is 2.38. The lowest BCUT2D eigenvalue weighted by Gasteiger charge is -2.20. The van der Waals surface area contributed by atoms with Crippen LogP contribution in [-0.4, -0.2) is 49.0 Å². The summed E-state index contributed by atoms with van der Waals surface area (Å²) in [5.74, 6) is -0.972. The highest BCUT2D eigenvalue weighted by Crippen LogP contribution is 2.13. The molecule has 1 amide bonds. The fraction of sp³-hybridized carbons (Fsp3) is 0.538. The average molecular weight is 268 g/mol. The Labute approximate surface area is 113 Å². The van der Waals surface area contributed by atoms with E-state index >= 15 is 0 Å². The molecule has 0 aliphatic carbocycles. The predicted molar refractivity (Wildman–Crippen MR) is 73.8 cm³/mol. The van der Waals surface area contributed by atoms with Crippen molar-refractivity contribution in [1.82, 2.24) is 15.2 Å². The van der Waals surface area contributed by atoms with Crippen molar-refractivity contribution in [2.24, 2.45) is 0 Å². The number of nitrogens with one attached hydrogen (secondary N) is 2. The molecule has 0 radical (unpaired) electrons. The molecule has 6 heteroatoms. The van der Waals surface area contributed by atoms with Crippen molar-refractivity contribution < 1.29 is 9.18 Å². The van der Waals surface area contributed by atoms with Crippen molar-refractivity contribution in [3.63, 3.8) is 0 Å². The molecule has 0 atom stereocenters. The number of carbonyl (C=O) groups is 1. The largest absolute Gasteiger partial charge is 0.371 e. The van der Waals surface area contributed by atoms with E-state index in [4.69, 9.17) is 0 Å². The monoisotopic (exact) mass is 268 g/mol. The van der Waals surface area contributed by atoms with Gasteiger partial charge in [-0.1, -0.05) is 0 Å². The number of hydrogen-bond donors (Lipinski definition) is 2. The summed E-state index contributed by atoms with van der Waals surface area (Å²) in [7, 11) is 3.54. The number of anilines is 1. The predicted octanol–water partition coefficient (Wildman–Crippen LogP) is 1.33. The van der Waals surface area contributed by atoms with Gasteiger partial charge >= 0.3 is 0 Å². The van der Waals surface area contributed by atoms with E-state index in [0.717, 1.165) is 6.54 Å². The number of amides is 1. The number of hydrogen-bond acceptors (Lipinski definition) is 4. The van der Waals surface area contributed by atoms with Gasteiger partial charge < -0.3 is 15.5 Å². The molecule has 0 saturated heterocycles. The molecule has 0 spiro atoms. The maximum Gasteiger partial charge on any atom is 0.254 e. The van der Waals surface area contributed by atoms with Crippen LogP contribution in [0.5, 0.6) is 0 Å². The fourth-order valence-corrected chi connectivity index (χ4v) is 1.49. The fourth-order valence-electron chi connectivity index (χ4n) is 1.49. The highest BCUT2D eigenvalue weighted by atomic mass is 19.1. The lowest BCUT2D eigenvalue weighted by molar-refractivity contribution is 0.0944. The second kappa shape index (κ2) is 7.04. The van der Waals surface area contributed by atoms with Gasteiger partial charge in [0.05, 0.1) is 5.56 Å². The highest BCUT2D eigenvalue weighted by Gasteiger charge is 2.15. The van der Waals surface area contributed by atoms with Crippen LogP contribution >= 0.6 is 0 Å². The topological polar surface area (TPSA) is 57.3 Å². The first-order valence-electron chi connectivity index (χ1n) is 6.28. The Morgan fingerprint density at radius 3 is 2.79 bits per heavy atom. The zero-order valence-corrected chi connectivity index (χ0v) is 11.8. The number of carbonyl (C=O) groups excluding carboxylic acids is 1. The minimum absolute atomic E-state index is 0.00606. The summed E-state index contributed by atoms with van der Waals surface area (Å²) in [6.07, 6.45) is 1.41. The number of halogens is 1. The van der Waals surface area contributed by atoms with Crippen molar-refractivity contribution in [2.75, 3.05) is 32.5 Å². The quantitative estimate of drug-likeness (QED) is 0.817. The van der Waals surface area contributed by atoms with Crippen LogP contribution in [0.1, 0.15) is 24.2 Å². The van der Waals surface area contributed by atoms with Crippen LogP contribution in [0.3, 0.4) is 0 Å². The van der Waals surface area contributed by atoms with Crippen LogP contribution in [0.25, 0.3) is 0 Å². The molecule has 0 aromatic carbocycles. The van der Waals surface area contributed by atoms with Crippen LogP contribution in [0, 0.1) is 5.82 Å². The van der Waals surface area contributed by atoms with Gasteiger partial charge in [-0.2, -0.15) is 0 Å². The molecule has 5 nitrogen and oxygen atoms in total. The van der Waals surface area contributed by atoms with Crippen LogP contribution in [0.15, 0.2) is 12.3 Å². The lowest BCUT2D eigenvalue weighted by atomic mass is 10.2. The van der Waals surface area contributed by atoms with Gasteiger partial charge in [-0.25, -0.2) is 9.37 Å². The molecular weight excluding hydrogens is 247 g/mol. The first kappa shape index (κ1) is 15.4. The number of rotatable bonds is 6. The van der Waals surface area contributed by atoms with Crippen LogP contribution in [0.2, 0.25) is 0 Å². The Bertz CT molecular complexity index is 437. The Kier molecular flexibility index (Phi) is 5.69. The van der Waals surface area contributed by atoms with Crippen LogP contribution < -0.4 is 10.6 Å². The van der Waals surface area contributed by atoms with E-state index in [1.54, 1.807) is 7.05 Å². The van der Waals surface area contributed by atoms with Crippen molar-refractivity contribution in [2.45, 2.75) is 19.9 Å². The molecule has 1 aromatic heterocycles. The van der Waals surface area contributed by atoms with E-state index in [2.05, 4.69) is 34.4 Å². The number of pyridine rings is 1. The van der Waals surface area contributed by atoms with E-state index in [1.807, 2.05) is 7.05 Å². The SMILES string of the molecule is CNc1nccc(C(=O)NCCN(C)C(C)C)c1F. The third kappa shape index (κ3) is 4.17. The van der Waals surface area contributed by atoms with Gasteiger partial charge in [0.1, 0.15) is 0 Å². The van der Waals surface area contributed by atoms with Gasteiger partial charge in [-0.15, -0.1) is 0 Å². The Morgan fingerprint density at radius 1 is 1.53 bits per heavy atom. The van der Waals surface area contributed by atoms with Gasteiger partial charge in [0.15, 0.2) is 11.6 Å². The first-order chi connectivity index (χ1) is 8.97. The molecular formula is C13H21FN4O. The second-order valence-electron chi connectivity index (χ2n) is 4.60. The smallest absolute Gasteiger partial charge is 0.254 e. The molecule has 0 aliphatic heterocycles. The Hall–Kier alpha value is -1.69. The van der Waals surface area contributed by atoms with E-state index in [9.17, 15) is 9.18 Å². The molecule has 1 aromatic rings. The minimum Gasteiger partial charge on any atom is -0.371 e. The van der Waals surface area contributed by atoms with Crippen molar-refractivity contribution in [3.8, 4) is 0 Å².